The van der Waals surface area contributed by atoms with Gasteiger partial charge < -0.3 is 5.11 Å². The quantitative estimate of drug-likeness (QED) is 0.495. The van der Waals surface area contributed by atoms with Gasteiger partial charge in [-0.2, -0.15) is 0 Å². The SMILES string of the molecule is O[C@H]1CN(Cc2cccs2)[C@@H](c2ccccc2)C[C@H]1n1cc(-c2ccc(F)cc2)nn1. The zero-order valence-electron chi connectivity index (χ0n) is 16.9. The molecule has 0 spiro atoms. The molecular formula is C24H23FN4OS. The van der Waals surface area contributed by atoms with Crippen molar-refractivity contribution in [2.24, 2.45) is 0 Å². The Balaban J connectivity index is 1.42. The molecule has 2 aromatic heterocycles. The lowest BCUT2D eigenvalue weighted by molar-refractivity contribution is -0.0131. The molecule has 1 fully saturated rings. The first-order valence-electron chi connectivity index (χ1n) is 10.3. The lowest BCUT2D eigenvalue weighted by atomic mass is 9.90. The molecule has 7 heteroatoms. The van der Waals surface area contributed by atoms with Crippen LogP contribution in [0.25, 0.3) is 11.3 Å². The van der Waals surface area contributed by atoms with E-state index >= 15 is 0 Å². The topological polar surface area (TPSA) is 54.2 Å². The summed E-state index contributed by atoms with van der Waals surface area (Å²) in [6, 6.07) is 20.8. The highest BCUT2D eigenvalue weighted by Gasteiger charge is 2.37. The van der Waals surface area contributed by atoms with Crippen molar-refractivity contribution in [3.8, 4) is 11.3 Å². The van der Waals surface area contributed by atoms with E-state index in [0.717, 1.165) is 18.5 Å². The molecule has 0 radical (unpaired) electrons. The van der Waals surface area contributed by atoms with Crippen LogP contribution in [0.5, 0.6) is 0 Å². The third kappa shape index (κ3) is 4.30. The Kier molecular flexibility index (Phi) is 5.63. The second-order valence-electron chi connectivity index (χ2n) is 7.90. The minimum Gasteiger partial charge on any atom is -0.390 e. The van der Waals surface area contributed by atoms with Crippen LogP contribution in [0.2, 0.25) is 0 Å². The number of aliphatic hydroxyl groups is 1. The van der Waals surface area contributed by atoms with Crippen LogP contribution in [0.1, 0.15) is 28.9 Å². The van der Waals surface area contributed by atoms with Crippen LogP contribution in [0.3, 0.4) is 0 Å². The van der Waals surface area contributed by atoms with Crippen molar-refractivity contribution in [2.45, 2.75) is 31.2 Å². The molecule has 3 heterocycles. The van der Waals surface area contributed by atoms with Crippen molar-refractivity contribution in [2.75, 3.05) is 6.54 Å². The normalized spacial score (nSPS) is 21.9. The van der Waals surface area contributed by atoms with Gasteiger partial charge in [0, 0.05) is 29.6 Å². The molecule has 0 amide bonds. The maximum atomic E-state index is 13.2. The molecule has 1 saturated heterocycles. The number of thiophene rings is 1. The van der Waals surface area contributed by atoms with Crippen LogP contribution >= 0.6 is 11.3 Å². The number of hydrogen-bond donors (Lipinski definition) is 1. The zero-order valence-corrected chi connectivity index (χ0v) is 17.7. The molecule has 2 aromatic carbocycles. The number of aliphatic hydroxyl groups excluding tert-OH is 1. The van der Waals surface area contributed by atoms with Crippen molar-refractivity contribution in [1.29, 1.82) is 0 Å². The molecular weight excluding hydrogens is 411 g/mol. The van der Waals surface area contributed by atoms with Crippen molar-refractivity contribution in [3.05, 3.63) is 94.6 Å². The van der Waals surface area contributed by atoms with Crippen LogP contribution in [0.15, 0.2) is 78.3 Å². The number of benzene rings is 2. The van der Waals surface area contributed by atoms with Gasteiger partial charge in [0.15, 0.2) is 0 Å². The largest absolute Gasteiger partial charge is 0.390 e. The van der Waals surface area contributed by atoms with Gasteiger partial charge in [-0.1, -0.05) is 41.6 Å². The van der Waals surface area contributed by atoms with Crippen LogP contribution in [0, 0.1) is 5.82 Å². The number of β-amino-alcohol motifs (C(OH)–C–C–N with tert-alkyl or cyclic N) is 1. The van der Waals surface area contributed by atoms with E-state index in [1.165, 1.54) is 22.6 Å². The van der Waals surface area contributed by atoms with Crippen LogP contribution in [0.4, 0.5) is 4.39 Å². The minimum absolute atomic E-state index is 0.162. The van der Waals surface area contributed by atoms with E-state index in [9.17, 15) is 9.50 Å². The zero-order chi connectivity index (χ0) is 21.2. The molecule has 3 atom stereocenters. The third-order valence-corrected chi connectivity index (χ3v) is 6.75. The summed E-state index contributed by atoms with van der Waals surface area (Å²) in [5.74, 6) is -0.282. The summed E-state index contributed by atoms with van der Waals surface area (Å²) in [5.41, 5.74) is 2.70. The molecule has 0 saturated carbocycles. The van der Waals surface area contributed by atoms with E-state index in [-0.39, 0.29) is 17.9 Å². The lowest BCUT2D eigenvalue weighted by Gasteiger charge is -2.42. The summed E-state index contributed by atoms with van der Waals surface area (Å²) in [6.07, 6.45) is 2.00. The molecule has 1 aliphatic rings. The number of halogens is 1. The summed E-state index contributed by atoms with van der Waals surface area (Å²) in [4.78, 5) is 3.63. The molecule has 0 unspecified atom stereocenters. The van der Waals surface area contributed by atoms with Gasteiger partial charge in [-0.15, -0.1) is 16.4 Å². The Hall–Kier alpha value is -2.87. The maximum Gasteiger partial charge on any atom is 0.123 e. The number of likely N-dealkylation sites (tertiary alicyclic amines) is 1. The van der Waals surface area contributed by atoms with E-state index in [0.29, 0.717) is 12.2 Å². The van der Waals surface area contributed by atoms with Gasteiger partial charge in [0.1, 0.15) is 11.5 Å². The lowest BCUT2D eigenvalue weighted by Crippen LogP contribution is -2.46. The monoisotopic (exact) mass is 434 g/mol. The van der Waals surface area contributed by atoms with E-state index in [4.69, 9.17) is 0 Å². The fourth-order valence-corrected chi connectivity index (χ4v) is 5.03. The fraction of sp³-hybridized carbons (Fsp3) is 0.250. The molecule has 1 aliphatic heterocycles. The Labute approximate surface area is 184 Å². The third-order valence-electron chi connectivity index (χ3n) is 5.88. The summed E-state index contributed by atoms with van der Waals surface area (Å²) in [5, 5.41) is 21.7. The van der Waals surface area contributed by atoms with Gasteiger partial charge in [0.05, 0.1) is 18.3 Å². The van der Waals surface area contributed by atoms with Gasteiger partial charge in [-0.05, 0) is 47.7 Å². The molecule has 31 heavy (non-hydrogen) atoms. The highest BCUT2D eigenvalue weighted by Crippen LogP contribution is 2.38. The number of rotatable bonds is 5. The minimum atomic E-state index is -0.567. The van der Waals surface area contributed by atoms with E-state index in [2.05, 4.69) is 57.0 Å². The van der Waals surface area contributed by atoms with Gasteiger partial charge in [-0.3, -0.25) is 4.90 Å². The number of hydrogen-bond acceptors (Lipinski definition) is 5. The average Bonchev–Trinajstić information content (AvgIpc) is 3.48. The Morgan fingerprint density at radius 1 is 1.03 bits per heavy atom. The molecule has 5 rings (SSSR count). The Morgan fingerprint density at radius 3 is 2.58 bits per heavy atom. The molecule has 1 N–H and O–H groups in total. The number of aromatic nitrogens is 3. The van der Waals surface area contributed by atoms with E-state index in [1.807, 2.05) is 12.3 Å². The summed E-state index contributed by atoms with van der Waals surface area (Å²) in [7, 11) is 0. The second-order valence-corrected chi connectivity index (χ2v) is 8.93. The highest BCUT2D eigenvalue weighted by molar-refractivity contribution is 7.09. The van der Waals surface area contributed by atoms with Gasteiger partial charge in [-0.25, -0.2) is 9.07 Å². The van der Waals surface area contributed by atoms with Crippen molar-refractivity contribution in [3.63, 3.8) is 0 Å². The summed E-state index contributed by atoms with van der Waals surface area (Å²) in [6.45, 7) is 1.35. The molecule has 158 valence electrons. The van der Waals surface area contributed by atoms with Crippen molar-refractivity contribution < 1.29 is 9.50 Å². The van der Waals surface area contributed by atoms with Crippen LogP contribution in [-0.2, 0) is 6.54 Å². The molecule has 0 aliphatic carbocycles. The summed E-state index contributed by atoms with van der Waals surface area (Å²) >= 11 is 1.74. The first kappa shape index (κ1) is 20.1. The predicted octanol–water partition coefficient (Wildman–Crippen LogP) is 4.69. The second kappa shape index (κ2) is 8.70. The van der Waals surface area contributed by atoms with Crippen molar-refractivity contribution in [1.82, 2.24) is 19.9 Å². The number of piperidine rings is 1. The molecule has 5 nitrogen and oxygen atoms in total. The van der Waals surface area contributed by atoms with Gasteiger partial charge in [0.25, 0.3) is 0 Å². The van der Waals surface area contributed by atoms with Crippen LogP contribution in [-0.4, -0.2) is 37.6 Å². The Bertz CT molecular complexity index is 1110. The highest BCUT2D eigenvalue weighted by atomic mass is 32.1. The van der Waals surface area contributed by atoms with E-state index in [1.54, 1.807) is 28.2 Å². The van der Waals surface area contributed by atoms with Crippen LogP contribution < -0.4 is 0 Å². The standard InChI is InChI=1S/C24H23FN4OS/c25-19-10-8-17(9-11-19)21-15-29(27-26-21)23-13-22(18-5-2-1-3-6-18)28(16-24(23)30)14-20-7-4-12-31-20/h1-12,15,22-24,30H,13-14,16H2/t22-,23-,24+/m1/s1. The maximum absolute atomic E-state index is 13.2. The molecule has 4 aromatic rings. The fourth-order valence-electron chi connectivity index (χ4n) is 4.30. The first-order valence-corrected chi connectivity index (χ1v) is 11.2. The van der Waals surface area contributed by atoms with Gasteiger partial charge >= 0.3 is 0 Å². The van der Waals surface area contributed by atoms with E-state index < -0.39 is 6.10 Å². The predicted molar refractivity (Wildman–Crippen MR) is 119 cm³/mol. The van der Waals surface area contributed by atoms with Gasteiger partial charge in [0.2, 0.25) is 0 Å². The summed E-state index contributed by atoms with van der Waals surface area (Å²) < 4.78 is 15.0. The van der Waals surface area contributed by atoms with Crippen molar-refractivity contribution >= 4 is 11.3 Å². The Morgan fingerprint density at radius 2 is 1.84 bits per heavy atom. The average molecular weight is 435 g/mol. The molecule has 0 bridgehead atoms. The smallest absolute Gasteiger partial charge is 0.123 e. The first-order chi connectivity index (χ1) is 15.2. The number of nitrogens with zero attached hydrogens (tertiary/aromatic N) is 4.